The van der Waals surface area contributed by atoms with Crippen LogP contribution in [0.3, 0.4) is 0 Å². The summed E-state index contributed by atoms with van der Waals surface area (Å²) in [5.74, 6) is 1.84. The number of nitrogens with two attached hydrogens (primary N) is 1. The van der Waals surface area contributed by atoms with Gasteiger partial charge in [-0.1, -0.05) is 55.4 Å². The highest BCUT2D eigenvalue weighted by Gasteiger charge is 2.46. The van der Waals surface area contributed by atoms with E-state index in [2.05, 4.69) is 62.4 Å². The van der Waals surface area contributed by atoms with Crippen LogP contribution in [0.25, 0.3) is 21.7 Å². The van der Waals surface area contributed by atoms with E-state index in [-0.39, 0.29) is 48.6 Å². The number of β-amino-alcohol motifs (C(OH)–C–C–N with tert-alkyl or cyclic N) is 1. The lowest BCUT2D eigenvalue weighted by molar-refractivity contribution is -0.141. The molecule has 5 aliphatic heterocycles. The third-order valence-electron chi connectivity index (χ3n) is 18.3. The Morgan fingerprint density at radius 3 is 2.33 bits per heavy atom. The molecule has 1 aliphatic carbocycles. The number of hydrogen-bond donors (Lipinski definition) is 4. The maximum absolute atomic E-state index is 14.4. The van der Waals surface area contributed by atoms with Gasteiger partial charge in [-0.2, -0.15) is 0 Å². The first-order valence-corrected chi connectivity index (χ1v) is 29.4. The number of aryl methyl sites for hydroxylation is 1. The predicted molar refractivity (Wildman–Crippen MR) is 305 cm³/mol. The highest BCUT2D eigenvalue weighted by atomic mass is 32.1. The number of carbonyl (C=O) groups is 2. The number of hydrogen-bond acceptors (Lipinski definition) is 17. The molecule has 79 heavy (non-hydrogen) atoms. The number of aliphatic hydroxyl groups is 1. The molecule has 4 aromatic heterocycles. The van der Waals surface area contributed by atoms with Crippen LogP contribution in [-0.2, 0) is 9.59 Å². The van der Waals surface area contributed by atoms with Crippen LogP contribution in [-0.4, -0.2) is 140 Å². The Hall–Kier alpha value is -6.83. The molecule has 6 fully saturated rings. The molecule has 6 aromatic rings. The second-order valence-electron chi connectivity index (χ2n) is 23.8. The quantitative estimate of drug-likeness (QED) is 0.0762. The van der Waals surface area contributed by atoms with Crippen molar-refractivity contribution in [2.75, 3.05) is 72.8 Å². The molecule has 2 unspecified atom stereocenters. The van der Waals surface area contributed by atoms with Crippen LogP contribution >= 0.6 is 11.3 Å². The zero-order chi connectivity index (χ0) is 54.5. The molecule has 416 valence electrons. The molecule has 6 atom stereocenters. The molecule has 9 heterocycles. The number of thiazole rings is 1. The van der Waals surface area contributed by atoms with Crippen molar-refractivity contribution in [1.29, 1.82) is 0 Å². The summed E-state index contributed by atoms with van der Waals surface area (Å²) < 4.78 is 12.5. The summed E-state index contributed by atoms with van der Waals surface area (Å²) in [6, 6.07) is 22.9. The number of benzene rings is 2. The number of piperidine rings is 2. The Labute approximate surface area is 466 Å². The number of anilines is 4. The van der Waals surface area contributed by atoms with Crippen LogP contribution in [0.5, 0.6) is 11.6 Å². The molecule has 5 N–H and O–H groups in total. The summed E-state index contributed by atoms with van der Waals surface area (Å²) in [5, 5.41) is 37.5. The Kier molecular flexibility index (Phi) is 14.7. The number of nitrogens with zero attached hydrogens (tertiary/aromatic N) is 10. The van der Waals surface area contributed by atoms with Gasteiger partial charge in [-0.25, -0.2) is 9.97 Å². The Bertz CT molecular complexity index is 3110. The predicted octanol–water partition coefficient (Wildman–Crippen LogP) is 8.22. The van der Waals surface area contributed by atoms with Gasteiger partial charge in [0, 0.05) is 87.4 Å². The Balaban J connectivity index is 0.588. The Morgan fingerprint density at radius 1 is 0.886 bits per heavy atom. The lowest BCUT2D eigenvalue weighted by atomic mass is 9.71. The molecule has 2 bridgehead atoms. The number of piperazine rings is 1. The minimum atomic E-state index is -0.800. The van der Waals surface area contributed by atoms with Crippen molar-refractivity contribution < 1.29 is 29.1 Å². The molecular formula is C60H74N12O6S. The normalized spacial score (nSPS) is 24.7. The van der Waals surface area contributed by atoms with E-state index in [9.17, 15) is 19.8 Å². The van der Waals surface area contributed by atoms with Gasteiger partial charge in [0.05, 0.1) is 39.6 Å². The smallest absolute Gasteiger partial charge is 0.243 e. The molecule has 12 rings (SSSR count). The van der Waals surface area contributed by atoms with Crippen LogP contribution in [0.4, 0.5) is 23.0 Å². The molecule has 19 heteroatoms. The molecule has 1 spiro atoms. The van der Waals surface area contributed by atoms with Gasteiger partial charge >= 0.3 is 0 Å². The average Bonchev–Trinajstić information content (AvgIpc) is 4.40. The summed E-state index contributed by atoms with van der Waals surface area (Å²) >= 11 is 1.60. The number of aliphatic hydroxyl groups excluding tert-OH is 1. The van der Waals surface area contributed by atoms with E-state index in [1.807, 2.05) is 87.9 Å². The van der Waals surface area contributed by atoms with E-state index in [0.29, 0.717) is 52.1 Å². The third kappa shape index (κ3) is 10.8. The van der Waals surface area contributed by atoms with Crippen molar-refractivity contribution in [2.24, 2.45) is 17.3 Å². The number of para-hydroxylation sites is 1. The summed E-state index contributed by atoms with van der Waals surface area (Å²) in [6.45, 7) is 14.7. The van der Waals surface area contributed by atoms with Gasteiger partial charge in [-0.05, 0) is 131 Å². The van der Waals surface area contributed by atoms with Crippen LogP contribution in [0, 0.1) is 24.2 Å². The molecule has 1 saturated carbocycles. The van der Waals surface area contributed by atoms with E-state index >= 15 is 0 Å². The zero-order valence-corrected chi connectivity index (χ0v) is 46.6. The van der Waals surface area contributed by atoms with Gasteiger partial charge in [-0.15, -0.1) is 21.5 Å². The fraction of sp³-hybridized carbons (Fsp3) is 0.517. The number of fused-ring (bicyclic) bond motifs is 2. The number of aromatic hydroxyl groups is 1. The first-order valence-electron chi connectivity index (χ1n) is 28.6. The highest BCUT2D eigenvalue weighted by molar-refractivity contribution is 7.13. The first kappa shape index (κ1) is 52.8. The number of nitrogen functional groups attached to an aromatic ring is 1. The number of amides is 2. The summed E-state index contributed by atoms with van der Waals surface area (Å²) in [5.41, 5.74) is 14.8. The molecule has 5 saturated heterocycles. The van der Waals surface area contributed by atoms with Gasteiger partial charge in [-0.3, -0.25) is 9.59 Å². The topological polar surface area (TPSA) is 216 Å². The molecule has 18 nitrogen and oxygen atoms in total. The number of phenols is 1. The molecule has 2 amide bonds. The largest absolute Gasteiger partial charge is 0.507 e. The van der Waals surface area contributed by atoms with Crippen molar-refractivity contribution >= 4 is 46.2 Å². The number of phenolic OH excluding ortho intramolecular Hbond substituents is 1. The van der Waals surface area contributed by atoms with Crippen LogP contribution in [0.15, 0.2) is 89.0 Å². The van der Waals surface area contributed by atoms with E-state index in [0.717, 1.165) is 123 Å². The van der Waals surface area contributed by atoms with E-state index in [1.165, 1.54) is 12.8 Å². The number of likely N-dealkylation sites (tertiary alicyclic amines) is 2. The number of rotatable bonds is 15. The van der Waals surface area contributed by atoms with Crippen molar-refractivity contribution in [3.05, 3.63) is 102 Å². The van der Waals surface area contributed by atoms with Crippen LogP contribution in [0.2, 0.25) is 0 Å². The average molecular weight is 1090 g/mol. The van der Waals surface area contributed by atoms with E-state index < -0.39 is 18.1 Å². The maximum atomic E-state index is 14.4. The lowest BCUT2D eigenvalue weighted by Gasteiger charge is -2.48. The van der Waals surface area contributed by atoms with Crippen molar-refractivity contribution in [3.63, 3.8) is 0 Å². The zero-order valence-electron chi connectivity index (χ0n) is 45.8. The standard InChI is InChI=1S/C60H74N12O6S/c1-36(2)55(59(76)71-34-45(73)28-50(71)58(75)64-37(3)40-9-11-41(12-10-40)56-38(4)63-35-79-56)52-30-53(67-78-52)69-23-18-60(19-24-69)16-21-68(22-17-60)31-39-25-46(26-39)77-54-27-42(15-20-62-54)72-43-13-14-44(72)33-70(32-43)49-29-48(65-66-57(49)61)47-7-5-6-8-51(47)74/h5-12,15,20,27,29-30,35-37,39,43-46,50,55,73-74H,13-14,16-19,21-26,28,31-34H2,1-4H3,(H2,61,66)(H,64,75)/t37-,39?,43?,44?,45+,46?,50-,55-/m0/s1. The fourth-order valence-corrected chi connectivity index (χ4v) is 14.5. The number of aromatic nitrogens is 5. The second-order valence-corrected chi connectivity index (χ2v) is 24.6. The highest BCUT2D eigenvalue weighted by Crippen LogP contribution is 2.45. The van der Waals surface area contributed by atoms with Crippen LogP contribution < -0.4 is 30.5 Å². The monoisotopic (exact) mass is 1090 g/mol. The van der Waals surface area contributed by atoms with E-state index in [1.54, 1.807) is 28.4 Å². The third-order valence-corrected chi connectivity index (χ3v) is 19.3. The summed E-state index contributed by atoms with van der Waals surface area (Å²) in [7, 11) is 0. The fourth-order valence-electron chi connectivity index (χ4n) is 13.7. The Morgan fingerprint density at radius 2 is 1.62 bits per heavy atom. The summed E-state index contributed by atoms with van der Waals surface area (Å²) in [4.78, 5) is 49.8. The second kappa shape index (κ2) is 22.0. The van der Waals surface area contributed by atoms with Crippen molar-refractivity contribution in [1.82, 2.24) is 40.4 Å². The molecule has 2 aromatic carbocycles. The lowest BCUT2D eigenvalue weighted by Crippen LogP contribution is -2.54. The SMILES string of the molecule is Cc1ncsc1-c1ccc([C@H](C)NC(=O)[C@@H]2C[C@@H](O)CN2C(=O)[C@H](c2cc(N3CCC4(CCN(CC5CC(Oc6cc(N7C8CCC7CN(c7cc(-c9ccccc9O)nnc7N)C8)ccn6)C5)CC4)CC3)no2)C(C)C)cc1. The number of ether oxygens (including phenoxy) is 1. The number of pyridine rings is 1. The van der Waals surface area contributed by atoms with E-state index in [4.69, 9.17) is 15.0 Å². The van der Waals surface area contributed by atoms with Crippen molar-refractivity contribution in [3.8, 4) is 33.3 Å². The minimum Gasteiger partial charge on any atom is -0.507 e. The maximum Gasteiger partial charge on any atom is 0.243 e. The molecular weight excluding hydrogens is 1020 g/mol. The van der Waals surface area contributed by atoms with Gasteiger partial charge in [0.2, 0.25) is 17.7 Å². The van der Waals surface area contributed by atoms with Crippen molar-refractivity contribution in [2.45, 2.75) is 128 Å². The van der Waals surface area contributed by atoms with Gasteiger partial charge in [0.25, 0.3) is 0 Å². The minimum absolute atomic E-state index is 0.0880. The van der Waals surface area contributed by atoms with Gasteiger partial charge in [0.1, 0.15) is 23.8 Å². The van der Waals surface area contributed by atoms with Gasteiger partial charge in [0.15, 0.2) is 17.4 Å². The molecule has 0 radical (unpaired) electrons. The molecule has 6 aliphatic rings. The summed E-state index contributed by atoms with van der Waals surface area (Å²) in [6.07, 6.45) is 10.3. The van der Waals surface area contributed by atoms with Crippen LogP contribution in [0.1, 0.15) is 108 Å². The first-order chi connectivity index (χ1) is 38.2. The number of carbonyl (C=O) groups excluding carboxylic acids is 2. The van der Waals surface area contributed by atoms with Gasteiger partial charge < -0.3 is 55.0 Å². The number of nitrogens with one attached hydrogen (secondary N) is 1.